The lowest BCUT2D eigenvalue weighted by molar-refractivity contribution is -0.140. The largest absolute Gasteiger partial charge is 0.497 e. The molecule has 0 saturated heterocycles. The van der Waals surface area contributed by atoms with Gasteiger partial charge in [-0.05, 0) is 49.2 Å². The first-order valence-electron chi connectivity index (χ1n) is 10.5. The Hall–Kier alpha value is -2.78. The zero-order valence-corrected chi connectivity index (χ0v) is 20.8. The van der Waals surface area contributed by atoms with Crippen LogP contribution >= 0.6 is 11.6 Å². The molecule has 0 unspecified atom stereocenters. The predicted octanol–water partition coefficient (Wildman–Crippen LogP) is 3.06. The van der Waals surface area contributed by atoms with Gasteiger partial charge in [-0.3, -0.25) is 13.9 Å². The highest BCUT2D eigenvalue weighted by atomic mass is 35.5. The maximum atomic E-state index is 13.5. The van der Waals surface area contributed by atoms with Crippen molar-refractivity contribution < 1.29 is 22.7 Å². The smallest absolute Gasteiger partial charge is 0.244 e. The number of nitrogens with zero attached hydrogens (tertiary/aromatic N) is 2. The minimum atomic E-state index is -3.80. The average Bonchev–Trinajstić information content (AvgIpc) is 2.76. The molecular weight excluding hydrogens is 466 g/mol. The lowest BCUT2D eigenvalue weighted by Gasteiger charge is -2.32. The number of likely N-dealkylation sites (N-methyl/N-ethyl adjacent to an activating group) is 1. The van der Waals surface area contributed by atoms with Gasteiger partial charge in [0.2, 0.25) is 21.8 Å². The monoisotopic (exact) mass is 495 g/mol. The first-order chi connectivity index (χ1) is 15.6. The number of rotatable bonds is 11. The Labute approximate surface area is 200 Å². The standard InChI is InChI=1S/C23H30ClN3O5S/c1-5-21(23(29)25-6-2)26(15-17-9-7-12-20(13-17)32-3)22(28)16-27(33(4,30)31)19-11-8-10-18(24)14-19/h7-14,21H,5-6,15-16H2,1-4H3,(H,25,29)/t21-/m1/s1. The zero-order chi connectivity index (χ0) is 24.6. The number of methoxy groups -OCH3 is 1. The minimum absolute atomic E-state index is 0.110. The Morgan fingerprint density at radius 2 is 1.82 bits per heavy atom. The summed E-state index contributed by atoms with van der Waals surface area (Å²) in [6.45, 7) is 3.65. The molecule has 0 aromatic heterocycles. The third-order valence-corrected chi connectivity index (χ3v) is 6.38. The summed E-state index contributed by atoms with van der Waals surface area (Å²) in [7, 11) is -2.26. The highest BCUT2D eigenvalue weighted by Gasteiger charge is 2.31. The van der Waals surface area contributed by atoms with Crippen LogP contribution in [0.25, 0.3) is 0 Å². The van der Waals surface area contributed by atoms with Crippen molar-refractivity contribution in [2.24, 2.45) is 0 Å². The van der Waals surface area contributed by atoms with Crippen molar-refractivity contribution in [1.29, 1.82) is 0 Å². The second-order valence-electron chi connectivity index (χ2n) is 7.44. The molecule has 0 fully saturated rings. The predicted molar refractivity (Wildman–Crippen MR) is 130 cm³/mol. The molecule has 0 spiro atoms. The highest BCUT2D eigenvalue weighted by molar-refractivity contribution is 7.92. The Kier molecular flexibility index (Phi) is 9.55. The molecule has 2 rings (SSSR count). The van der Waals surface area contributed by atoms with Crippen LogP contribution in [0.4, 0.5) is 5.69 Å². The Morgan fingerprint density at radius 3 is 2.39 bits per heavy atom. The molecule has 0 bridgehead atoms. The summed E-state index contributed by atoms with van der Waals surface area (Å²) in [5.41, 5.74) is 1.02. The van der Waals surface area contributed by atoms with Crippen LogP contribution < -0.4 is 14.4 Å². The van der Waals surface area contributed by atoms with E-state index in [1.165, 1.54) is 11.0 Å². The number of nitrogens with one attached hydrogen (secondary N) is 1. The van der Waals surface area contributed by atoms with Crippen molar-refractivity contribution in [3.8, 4) is 5.75 Å². The van der Waals surface area contributed by atoms with Crippen molar-refractivity contribution in [3.63, 3.8) is 0 Å². The molecule has 10 heteroatoms. The molecule has 1 N–H and O–H groups in total. The van der Waals surface area contributed by atoms with Crippen molar-refractivity contribution >= 4 is 39.1 Å². The SMILES string of the molecule is CCNC(=O)[C@@H](CC)N(Cc1cccc(OC)c1)C(=O)CN(c1cccc(Cl)c1)S(C)(=O)=O. The van der Waals surface area contributed by atoms with Crippen LogP contribution in [0.3, 0.4) is 0 Å². The van der Waals surface area contributed by atoms with E-state index in [0.717, 1.165) is 16.1 Å². The molecule has 0 aliphatic carbocycles. The first kappa shape index (κ1) is 26.5. The Balaban J connectivity index is 2.44. The number of anilines is 1. The maximum Gasteiger partial charge on any atom is 0.244 e. The number of amides is 2. The van der Waals surface area contributed by atoms with Gasteiger partial charge in [-0.25, -0.2) is 8.42 Å². The van der Waals surface area contributed by atoms with Crippen LogP contribution in [0.5, 0.6) is 5.75 Å². The van der Waals surface area contributed by atoms with Gasteiger partial charge in [0.1, 0.15) is 18.3 Å². The lowest BCUT2D eigenvalue weighted by atomic mass is 10.1. The molecule has 33 heavy (non-hydrogen) atoms. The second-order valence-corrected chi connectivity index (χ2v) is 9.78. The van der Waals surface area contributed by atoms with Gasteiger partial charge in [0.15, 0.2) is 0 Å². The number of hydrogen-bond donors (Lipinski definition) is 1. The van der Waals surface area contributed by atoms with Crippen LogP contribution in [0.1, 0.15) is 25.8 Å². The molecule has 1 atom stereocenters. The Bertz CT molecular complexity index is 1080. The van der Waals surface area contributed by atoms with Gasteiger partial charge in [-0.1, -0.05) is 36.7 Å². The van der Waals surface area contributed by atoms with E-state index in [4.69, 9.17) is 16.3 Å². The number of benzene rings is 2. The molecule has 0 heterocycles. The molecule has 180 valence electrons. The molecule has 2 aromatic rings. The fraction of sp³-hybridized carbons (Fsp3) is 0.391. The fourth-order valence-corrected chi connectivity index (χ4v) is 4.45. The number of hydrogen-bond acceptors (Lipinski definition) is 5. The highest BCUT2D eigenvalue weighted by Crippen LogP contribution is 2.23. The van der Waals surface area contributed by atoms with E-state index in [0.29, 0.717) is 23.7 Å². The topological polar surface area (TPSA) is 96.0 Å². The molecule has 0 aliphatic heterocycles. The van der Waals surface area contributed by atoms with Gasteiger partial charge >= 0.3 is 0 Å². The van der Waals surface area contributed by atoms with Crippen molar-refractivity contribution in [3.05, 3.63) is 59.1 Å². The lowest BCUT2D eigenvalue weighted by Crippen LogP contribution is -2.52. The van der Waals surface area contributed by atoms with E-state index in [2.05, 4.69) is 5.32 Å². The molecule has 2 aromatic carbocycles. The molecule has 0 saturated carbocycles. The number of carbonyl (C=O) groups is 2. The van der Waals surface area contributed by atoms with Crippen LogP contribution in [-0.4, -0.2) is 57.6 Å². The van der Waals surface area contributed by atoms with E-state index >= 15 is 0 Å². The molecule has 0 radical (unpaired) electrons. The van der Waals surface area contributed by atoms with Crippen LogP contribution in [0.15, 0.2) is 48.5 Å². The van der Waals surface area contributed by atoms with Crippen LogP contribution in [-0.2, 0) is 26.2 Å². The summed E-state index contributed by atoms with van der Waals surface area (Å²) in [4.78, 5) is 27.7. The van der Waals surface area contributed by atoms with E-state index in [9.17, 15) is 18.0 Å². The van der Waals surface area contributed by atoms with E-state index in [1.54, 1.807) is 57.4 Å². The normalized spacial score (nSPS) is 12.0. The van der Waals surface area contributed by atoms with Crippen molar-refractivity contribution in [2.45, 2.75) is 32.9 Å². The number of sulfonamides is 1. The summed E-state index contributed by atoms with van der Waals surface area (Å²) in [6, 6.07) is 12.7. The van der Waals surface area contributed by atoms with E-state index in [-0.39, 0.29) is 18.1 Å². The van der Waals surface area contributed by atoms with E-state index in [1.807, 2.05) is 6.07 Å². The molecule has 2 amide bonds. The van der Waals surface area contributed by atoms with Gasteiger partial charge in [-0.2, -0.15) is 0 Å². The molecule has 8 nitrogen and oxygen atoms in total. The number of carbonyl (C=O) groups excluding carboxylic acids is 2. The summed E-state index contributed by atoms with van der Waals surface area (Å²) >= 11 is 6.04. The fourth-order valence-electron chi connectivity index (χ4n) is 3.42. The summed E-state index contributed by atoms with van der Waals surface area (Å²) in [5.74, 6) is -0.200. The van der Waals surface area contributed by atoms with Gasteiger partial charge in [0.25, 0.3) is 0 Å². The van der Waals surface area contributed by atoms with Crippen LogP contribution in [0, 0.1) is 0 Å². The quantitative estimate of drug-likeness (QED) is 0.517. The minimum Gasteiger partial charge on any atom is -0.497 e. The maximum absolute atomic E-state index is 13.5. The third kappa shape index (κ3) is 7.36. The zero-order valence-electron chi connectivity index (χ0n) is 19.2. The van der Waals surface area contributed by atoms with E-state index < -0.39 is 28.5 Å². The number of halogens is 1. The summed E-state index contributed by atoms with van der Waals surface area (Å²) in [6.07, 6.45) is 1.38. The Morgan fingerprint density at radius 1 is 1.12 bits per heavy atom. The third-order valence-electron chi connectivity index (χ3n) is 5.00. The second kappa shape index (κ2) is 11.9. The molecular formula is C23H30ClN3O5S. The van der Waals surface area contributed by atoms with Gasteiger partial charge < -0.3 is 15.0 Å². The van der Waals surface area contributed by atoms with Gasteiger partial charge in [-0.15, -0.1) is 0 Å². The van der Waals surface area contributed by atoms with Crippen LogP contribution in [0.2, 0.25) is 5.02 Å². The average molecular weight is 496 g/mol. The van der Waals surface area contributed by atoms with Crippen molar-refractivity contribution in [1.82, 2.24) is 10.2 Å². The number of ether oxygens (including phenoxy) is 1. The summed E-state index contributed by atoms with van der Waals surface area (Å²) < 4.78 is 31.3. The molecule has 0 aliphatic rings. The summed E-state index contributed by atoms with van der Waals surface area (Å²) in [5, 5.41) is 3.10. The van der Waals surface area contributed by atoms with Gasteiger partial charge in [0, 0.05) is 18.1 Å². The first-order valence-corrected chi connectivity index (χ1v) is 12.8. The van der Waals surface area contributed by atoms with Crippen molar-refractivity contribution in [2.75, 3.05) is 30.8 Å². The van der Waals surface area contributed by atoms with Gasteiger partial charge in [0.05, 0.1) is 19.1 Å².